The number of hydrogen-bond acceptors (Lipinski definition) is 15. The second-order valence-electron chi connectivity index (χ2n) is 25.6. The number of esters is 4. The van der Waals surface area contributed by atoms with E-state index in [9.17, 15) is 43.2 Å². The Morgan fingerprint density at radius 2 is 0.561 bits per heavy atom. The lowest BCUT2D eigenvalue weighted by Gasteiger charge is -2.21. The van der Waals surface area contributed by atoms with E-state index in [1.54, 1.807) is 0 Å². The van der Waals surface area contributed by atoms with Gasteiger partial charge in [0.25, 0.3) is 0 Å². The Hall–Kier alpha value is -4.02. The van der Waals surface area contributed by atoms with Gasteiger partial charge in [0.2, 0.25) is 0 Å². The van der Waals surface area contributed by atoms with E-state index in [0.717, 1.165) is 135 Å². The van der Waals surface area contributed by atoms with E-state index in [-0.39, 0.29) is 25.7 Å². The number of rotatable bonds is 72. The topological polar surface area (TPSA) is 237 Å². The van der Waals surface area contributed by atoms with Gasteiger partial charge in [-0.15, -0.1) is 0 Å². The van der Waals surface area contributed by atoms with E-state index < -0.39 is 97.5 Å². The highest BCUT2D eigenvalue weighted by Crippen LogP contribution is 2.45. The Bertz CT molecular complexity index is 2240. The van der Waals surface area contributed by atoms with Gasteiger partial charge in [-0.05, 0) is 109 Å². The van der Waals surface area contributed by atoms with E-state index in [2.05, 4.69) is 107 Å². The summed E-state index contributed by atoms with van der Waals surface area (Å²) in [6, 6.07) is 0. The van der Waals surface area contributed by atoms with Gasteiger partial charge in [-0.25, -0.2) is 9.13 Å². The molecular formula is C79H138O17P2. The number of phosphoric ester groups is 2. The molecule has 0 fully saturated rings. The molecule has 5 unspecified atom stereocenters. The fraction of sp³-hybridized carbons (Fsp3) is 0.747. The Kier molecular flexibility index (Phi) is 68.4. The van der Waals surface area contributed by atoms with Crippen LogP contribution in [0.2, 0.25) is 0 Å². The number of carbonyl (C=O) groups is 4. The molecule has 566 valence electrons. The quantitative estimate of drug-likeness (QED) is 0.0169. The normalized spacial score (nSPS) is 14.5. The second kappa shape index (κ2) is 71.4. The molecule has 0 radical (unpaired) electrons. The zero-order valence-corrected chi connectivity index (χ0v) is 63.5. The second-order valence-corrected chi connectivity index (χ2v) is 28.5. The van der Waals surface area contributed by atoms with Crippen LogP contribution in [0.4, 0.5) is 0 Å². The third-order valence-corrected chi connectivity index (χ3v) is 17.9. The highest BCUT2D eigenvalue weighted by molar-refractivity contribution is 7.47. The Morgan fingerprint density at radius 1 is 0.296 bits per heavy atom. The van der Waals surface area contributed by atoms with Crippen LogP contribution in [0.25, 0.3) is 0 Å². The van der Waals surface area contributed by atoms with Crippen LogP contribution >= 0.6 is 15.6 Å². The van der Waals surface area contributed by atoms with Crippen LogP contribution in [-0.4, -0.2) is 96.7 Å². The number of ether oxygens (including phenoxy) is 4. The van der Waals surface area contributed by atoms with Crippen molar-refractivity contribution in [3.8, 4) is 0 Å². The van der Waals surface area contributed by atoms with E-state index >= 15 is 0 Å². The summed E-state index contributed by atoms with van der Waals surface area (Å²) in [6.45, 7) is 4.63. The summed E-state index contributed by atoms with van der Waals surface area (Å²) in [5.74, 6) is -2.28. The monoisotopic (exact) mass is 1420 g/mol. The lowest BCUT2D eigenvalue weighted by Crippen LogP contribution is -2.30. The van der Waals surface area contributed by atoms with Crippen molar-refractivity contribution in [3.05, 3.63) is 97.2 Å². The third kappa shape index (κ3) is 70.4. The number of unbranched alkanes of at least 4 members (excludes halogenated alkanes) is 30. The molecule has 17 nitrogen and oxygen atoms in total. The predicted molar refractivity (Wildman–Crippen MR) is 399 cm³/mol. The molecule has 0 aliphatic rings. The predicted octanol–water partition coefficient (Wildman–Crippen LogP) is 22.0. The summed E-state index contributed by atoms with van der Waals surface area (Å²) in [7, 11) is -9.96. The van der Waals surface area contributed by atoms with Crippen molar-refractivity contribution in [1.82, 2.24) is 0 Å². The van der Waals surface area contributed by atoms with Gasteiger partial charge in [0.05, 0.1) is 26.4 Å². The van der Waals surface area contributed by atoms with Gasteiger partial charge in [-0.2, -0.15) is 0 Å². The third-order valence-electron chi connectivity index (χ3n) is 16.0. The number of allylic oxidation sites excluding steroid dienone is 16. The number of carbonyl (C=O) groups excluding carboxylic acids is 4. The van der Waals surface area contributed by atoms with Crippen LogP contribution in [0.1, 0.15) is 323 Å². The molecule has 0 saturated carbocycles. The maximum Gasteiger partial charge on any atom is 0.472 e. The smallest absolute Gasteiger partial charge is 0.462 e. The number of aliphatic hydroxyl groups excluding tert-OH is 1. The van der Waals surface area contributed by atoms with Crippen LogP contribution < -0.4 is 0 Å². The first kappa shape index (κ1) is 94.0. The molecule has 0 aromatic carbocycles. The Morgan fingerprint density at radius 3 is 0.908 bits per heavy atom. The highest BCUT2D eigenvalue weighted by atomic mass is 31.2. The zero-order chi connectivity index (χ0) is 71.8. The first-order valence-corrected chi connectivity index (χ1v) is 41.5. The van der Waals surface area contributed by atoms with E-state index in [1.165, 1.54) is 103 Å². The lowest BCUT2D eigenvalue weighted by atomic mass is 10.0. The lowest BCUT2D eigenvalue weighted by molar-refractivity contribution is -0.161. The average molecular weight is 1420 g/mol. The molecule has 0 aromatic rings. The molecule has 5 atom stereocenters. The van der Waals surface area contributed by atoms with Crippen molar-refractivity contribution in [1.29, 1.82) is 0 Å². The van der Waals surface area contributed by atoms with Crippen LogP contribution in [0.15, 0.2) is 97.2 Å². The fourth-order valence-electron chi connectivity index (χ4n) is 10.2. The molecule has 0 heterocycles. The van der Waals surface area contributed by atoms with Crippen molar-refractivity contribution >= 4 is 39.5 Å². The van der Waals surface area contributed by atoms with E-state index in [1.807, 2.05) is 18.2 Å². The van der Waals surface area contributed by atoms with Gasteiger partial charge in [0.1, 0.15) is 19.3 Å². The molecule has 3 N–H and O–H groups in total. The Labute approximate surface area is 595 Å². The van der Waals surface area contributed by atoms with Crippen molar-refractivity contribution in [3.63, 3.8) is 0 Å². The fourth-order valence-corrected chi connectivity index (χ4v) is 11.7. The summed E-state index contributed by atoms with van der Waals surface area (Å²) in [5.41, 5.74) is 0. The molecule has 0 aliphatic heterocycles. The molecule has 0 rings (SSSR count). The largest absolute Gasteiger partial charge is 0.472 e. The first-order valence-electron chi connectivity index (χ1n) is 38.5. The summed E-state index contributed by atoms with van der Waals surface area (Å²) < 4.78 is 68.3. The van der Waals surface area contributed by atoms with Crippen molar-refractivity contribution < 1.29 is 80.2 Å². The van der Waals surface area contributed by atoms with Gasteiger partial charge in [-0.3, -0.25) is 37.3 Å². The minimum Gasteiger partial charge on any atom is -0.462 e. The molecule has 0 aliphatic carbocycles. The van der Waals surface area contributed by atoms with Crippen molar-refractivity contribution in [2.24, 2.45) is 0 Å². The molecule has 0 amide bonds. The maximum absolute atomic E-state index is 13.1. The Balaban J connectivity index is 5.37. The standard InChI is InChI=1S/C79H138O17P2/c1-5-9-13-17-21-25-29-32-34-35-36-37-39-42-45-48-52-56-60-64-77(82)90-70-75(96-79(84)66-62-58-54-50-46-40-31-27-23-19-15-11-7-3)72-94-98(87,88)92-68-73(80)67-91-97(85,86)93-71-74(95-78(83)65-61-57-53-49-43-28-24-20-16-12-8-4)69-89-76(81)63-59-55-51-47-44-41-38-33-30-26-22-18-14-10-6-2/h9,13,20-21,24-25,32-34,36-38,42,45,52,56,73-75,80H,5-8,10-12,14-19,22-23,26-31,35,39-41,43-44,46-51,53-55,57-72H2,1-4H3,(H,85,86)(H,87,88)/b13-9-,24-20-,25-21-,34-32-,37-36-,38-33-,45-42-,56-52-. The molecule has 0 bridgehead atoms. The molecular weight excluding hydrogens is 1280 g/mol. The summed E-state index contributed by atoms with van der Waals surface area (Å²) >= 11 is 0. The number of aliphatic hydroxyl groups is 1. The van der Waals surface area contributed by atoms with E-state index in [0.29, 0.717) is 32.1 Å². The number of hydrogen-bond donors (Lipinski definition) is 3. The van der Waals surface area contributed by atoms with E-state index in [4.69, 9.17) is 37.0 Å². The van der Waals surface area contributed by atoms with Crippen LogP contribution in [0.5, 0.6) is 0 Å². The van der Waals surface area contributed by atoms with Crippen LogP contribution in [0, 0.1) is 0 Å². The van der Waals surface area contributed by atoms with Crippen molar-refractivity contribution in [2.75, 3.05) is 39.6 Å². The van der Waals surface area contributed by atoms with Gasteiger partial charge in [0.15, 0.2) is 12.2 Å². The summed E-state index contributed by atoms with van der Waals surface area (Å²) in [5, 5.41) is 10.6. The maximum atomic E-state index is 13.1. The van der Waals surface area contributed by atoms with Gasteiger partial charge >= 0.3 is 39.5 Å². The first-order chi connectivity index (χ1) is 47.7. The molecule has 0 spiro atoms. The molecule has 19 heteroatoms. The van der Waals surface area contributed by atoms with Crippen LogP contribution in [-0.2, 0) is 65.4 Å². The van der Waals surface area contributed by atoms with Crippen molar-refractivity contribution in [2.45, 2.75) is 341 Å². The molecule has 0 saturated heterocycles. The van der Waals surface area contributed by atoms with Gasteiger partial charge < -0.3 is 33.8 Å². The minimum absolute atomic E-state index is 0.0377. The summed E-state index contributed by atoms with van der Waals surface area (Å²) in [4.78, 5) is 72.8. The summed E-state index contributed by atoms with van der Waals surface area (Å²) in [6.07, 6.45) is 74.2. The van der Waals surface area contributed by atoms with Gasteiger partial charge in [0, 0.05) is 25.7 Å². The molecule has 98 heavy (non-hydrogen) atoms. The van der Waals surface area contributed by atoms with Crippen LogP contribution in [0.3, 0.4) is 0 Å². The zero-order valence-electron chi connectivity index (χ0n) is 61.7. The SMILES string of the molecule is CC/C=C\C/C=C\C/C=C\C/C=C\C/C=C\C/C=C\CCC(=O)OCC(COP(=O)(O)OCC(O)COP(=O)(O)OCC(COC(=O)CCCCCCC/C=C\CCCCCCCC)OC(=O)CCCCCCC/C=C\CCCC)OC(=O)CCCCCCCCCCCCCCC. The average Bonchev–Trinajstić information content (AvgIpc) is 0.972. The number of phosphoric acid groups is 2. The molecule has 0 aromatic heterocycles. The highest BCUT2D eigenvalue weighted by Gasteiger charge is 2.30. The van der Waals surface area contributed by atoms with Gasteiger partial charge in [-0.1, -0.05) is 285 Å². The minimum atomic E-state index is -4.99.